The third kappa shape index (κ3) is 1.13. The number of benzene rings is 1. The van der Waals surface area contributed by atoms with Crippen LogP contribution in [0.25, 0.3) is 10.9 Å². The largest absolute Gasteiger partial charge is 0.240 e. The lowest BCUT2D eigenvalue weighted by atomic mass is 10.2. The van der Waals surface area contributed by atoms with E-state index in [2.05, 4.69) is 9.37 Å². The van der Waals surface area contributed by atoms with Crippen molar-refractivity contribution in [1.29, 1.82) is 0 Å². The van der Waals surface area contributed by atoms with Crippen molar-refractivity contribution in [3.8, 4) is 0 Å². The molecule has 0 saturated carbocycles. The molecule has 0 aliphatic rings. The fraction of sp³-hybridized carbons (Fsp3) is 0. The number of fused-ring (bicyclic) bond motifs is 1. The Kier molecular flexibility index (Phi) is 1.70. The summed E-state index contributed by atoms with van der Waals surface area (Å²) in [5, 5.41) is 3.02. The fourth-order valence-corrected chi connectivity index (χ4v) is 1.61. The van der Waals surface area contributed by atoms with Crippen LogP contribution in [0, 0.1) is 0 Å². The Balaban J connectivity index is 2.67. The van der Waals surface area contributed by atoms with Gasteiger partial charge in [-0.05, 0) is 29.7 Å². The van der Waals surface area contributed by atoms with Crippen molar-refractivity contribution in [2.75, 3.05) is 0 Å². The average Bonchev–Trinajstić information content (AvgIpc) is 2.51. The molecule has 0 spiro atoms. The smallest absolute Gasteiger partial charge is 0.211 e. The number of hydrogen-bond acceptors (Lipinski definition) is 4. The maximum atomic E-state index is 9.94. The summed E-state index contributed by atoms with van der Waals surface area (Å²) in [7, 11) is 0. The van der Waals surface area contributed by atoms with Gasteiger partial charge in [-0.3, -0.25) is 0 Å². The van der Waals surface area contributed by atoms with Crippen molar-refractivity contribution < 1.29 is 4.79 Å². The summed E-state index contributed by atoms with van der Waals surface area (Å²) in [5.41, 5.74) is 1.47. The molecule has 3 nitrogen and oxygen atoms in total. The van der Waals surface area contributed by atoms with Crippen LogP contribution in [0.4, 0.5) is 5.69 Å². The van der Waals surface area contributed by atoms with Gasteiger partial charge in [-0.25, -0.2) is 4.79 Å². The zero-order chi connectivity index (χ0) is 8.39. The summed E-state index contributed by atoms with van der Waals surface area (Å²) in [6, 6.07) is 5.41. The molecular formula is C8H4N2OS. The van der Waals surface area contributed by atoms with Crippen molar-refractivity contribution in [2.24, 2.45) is 4.99 Å². The predicted molar refractivity (Wildman–Crippen MR) is 47.4 cm³/mol. The molecule has 0 unspecified atom stereocenters. The Hall–Kier alpha value is -1.51. The Morgan fingerprint density at radius 1 is 1.50 bits per heavy atom. The van der Waals surface area contributed by atoms with Gasteiger partial charge >= 0.3 is 0 Å². The van der Waals surface area contributed by atoms with Crippen LogP contribution in [-0.4, -0.2) is 10.5 Å². The van der Waals surface area contributed by atoms with Crippen LogP contribution >= 0.6 is 11.5 Å². The molecule has 1 aromatic heterocycles. The monoisotopic (exact) mass is 176 g/mol. The Labute approximate surface area is 72.5 Å². The molecule has 1 heterocycles. The molecule has 0 amide bonds. The van der Waals surface area contributed by atoms with Crippen molar-refractivity contribution in [1.82, 2.24) is 4.37 Å². The van der Waals surface area contributed by atoms with Crippen LogP contribution in [0.3, 0.4) is 0 Å². The molecule has 2 rings (SSSR count). The van der Waals surface area contributed by atoms with Crippen molar-refractivity contribution in [3.63, 3.8) is 0 Å². The molecule has 12 heavy (non-hydrogen) atoms. The molecule has 4 heteroatoms. The van der Waals surface area contributed by atoms with E-state index < -0.39 is 0 Å². The zero-order valence-electron chi connectivity index (χ0n) is 6.02. The molecular weight excluding hydrogens is 172 g/mol. The lowest BCUT2D eigenvalue weighted by molar-refractivity contribution is 0.565. The highest BCUT2D eigenvalue weighted by molar-refractivity contribution is 7.04. The van der Waals surface area contributed by atoms with Gasteiger partial charge in [0.1, 0.15) is 0 Å². The van der Waals surface area contributed by atoms with E-state index >= 15 is 0 Å². The zero-order valence-corrected chi connectivity index (χ0v) is 6.84. The predicted octanol–water partition coefficient (Wildman–Crippen LogP) is 2.26. The number of rotatable bonds is 1. The van der Waals surface area contributed by atoms with E-state index in [1.807, 2.05) is 11.4 Å². The molecule has 58 valence electrons. The molecule has 0 bridgehead atoms. The second-order valence-electron chi connectivity index (χ2n) is 2.26. The summed E-state index contributed by atoms with van der Waals surface area (Å²) < 4.78 is 4.11. The molecule has 1 aromatic carbocycles. The minimum Gasteiger partial charge on any atom is -0.211 e. The summed E-state index contributed by atoms with van der Waals surface area (Å²) in [4.78, 5) is 13.4. The Morgan fingerprint density at radius 3 is 3.25 bits per heavy atom. The first-order valence-corrected chi connectivity index (χ1v) is 4.16. The molecule has 0 atom stereocenters. The molecule has 0 N–H and O–H groups in total. The van der Waals surface area contributed by atoms with E-state index in [0.29, 0.717) is 5.69 Å². The minimum atomic E-state index is 0.600. The molecule has 0 radical (unpaired) electrons. The van der Waals surface area contributed by atoms with E-state index in [1.54, 1.807) is 12.1 Å². The number of aliphatic imine (C=N–C) groups is 1. The molecule has 0 fully saturated rings. The van der Waals surface area contributed by atoms with Crippen molar-refractivity contribution >= 4 is 34.2 Å². The van der Waals surface area contributed by atoms with Gasteiger partial charge in [-0.1, -0.05) is 0 Å². The lowest BCUT2D eigenvalue weighted by Gasteiger charge is -1.88. The van der Waals surface area contributed by atoms with Gasteiger partial charge in [0.05, 0.1) is 11.2 Å². The fourth-order valence-electron chi connectivity index (χ4n) is 0.973. The van der Waals surface area contributed by atoms with Gasteiger partial charge < -0.3 is 0 Å². The topological polar surface area (TPSA) is 42.3 Å². The van der Waals surface area contributed by atoms with Crippen LogP contribution in [0.15, 0.2) is 28.6 Å². The first-order valence-electron chi connectivity index (χ1n) is 3.32. The molecule has 0 aliphatic heterocycles. The van der Waals surface area contributed by atoms with E-state index in [4.69, 9.17) is 0 Å². The highest BCUT2D eigenvalue weighted by Crippen LogP contribution is 2.20. The first kappa shape index (κ1) is 7.16. The second-order valence-corrected chi connectivity index (χ2v) is 2.89. The maximum absolute atomic E-state index is 9.94. The van der Waals surface area contributed by atoms with Crippen molar-refractivity contribution in [2.45, 2.75) is 0 Å². The standard InChI is InChI=1S/C8H4N2OS/c11-5-9-7-2-1-6-4-12-10-8(6)3-7/h1-4H. The highest BCUT2D eigenvalue weighted by atomic mass is 32.1. The summed E-state index contributed by atoms with van der Waals surface area (Å²) >= 11 is 1.39. The molecule has 0 saturated heterocycles. The van der Waals surface area contributed by atoms with Gasteiger partial charge in [0, 0.05) is 10.8 Å². The summed E-state index contributed by atoms with van der Waals surface area (Å²) in [6.07, 6.45) is 1.49. The number of isocyanates is 1. The molecule has 2 aromatic rings. The maximum Gasteiger partial charge on any atom is 0.240 e. The normalized spacial score (nSPS) is 9.67. The van der Waals surface area contributed by atoms with E-state index in [9.17, 15) is 4.79 Å². The van der Waals surface area contributed by atoms with E-state index in [1.165, 1.54) is 17.6 Å². The van der Waals surface area contributed by atoms with Gasteiger partial charge in [-0.15, -0.1) is 0 Å². The van der Waals surface area contributed by atoms with Gasteiger partial charge in [0.25, 0.3) is 0 Å². The Bertz CT molecular complexity index is 457. The quantitative estimate of drug-likeness (QED) is 0.494. The van der Waals surface area contributed by atoms with Gasteiger partial charge in [0.2, 0.25) is 6.08 Å². The number of hydrogen-bond donors (Lipinski definition) is 0. The highest BCUT2D eigenvalue weighted by Gasteiger charge is 1.96. The van der Waals surface area contributed by atoms with Crippen LogP contribution in [0.2, 0.25) is 0 Å². The van der Waals surface area contributed by atoms with E-state index in [-0.39, 0.29) is 0 Å². The van der Waals surface area contributed by atoms with Crippen LogP contribution < -0.4 is 0 Å². The van der Waals surface area contributed by atoms with Crippen LogP contribution in [-0.2, 0) is 4.79 Å². The lowest BCUT2D eigenvalue weighted by Crippen LogP contribution is -1.66. The second kappa shape index (κ2) is 2.85. The number of carbonyl (C=O) groups excluding carboxylic acids is 1. The SMILES string of the molecule is O=C=Nc1ccc2csnc2c1. The van der Waals surface area contributed by atoms with Crippen LogP contribution in [0.5, 0.6) is 0 Å². The van der Waals surface area contributed by atoms with Crippen molar-refractivity contribution in [3.05, 3.63) is 23.6 Å². The van der Waals surface area contributed by atoms with Gasteiger partial charge in [0.15, 0.2) is 0 Å². The summed E-state index contributed by atoms with van der Waals surface area (Å²) in [5.74, 6) is 0. The summed E-state index contributed by atoms with van der Waals surface area (Å²) in [6.45, 7) is 0. The third-order valence-corrected chi connectivity index (χ3v) is 2.18. The average molecular weight is 176 g/mol. The Morgan fingerprint density at radius 2 is 2.42 bits per heavy atom. The third-order valence-electron chi connectivity index (χ3n) is 1.52. The first-order chi connectivity index (χ1) is 5.90. The van der Waals surface area contributed by atoms with Gasteiger partial charge in [-0.2, -0.15) is 9.37 Å². The number of nitrogens with zero attached hydrogens (tertiary/aromatic N) is 2. The van der Waals surface area contributed by atoms with Crippen LogP contribution in [0.1, 0.15) is 0 Å². The van der Waals surface area contributed by atoms with E-state index in [0.717, 1.165) is 10.9 Å². The minimum absolute atomic E-state index is 0.600. The number of aromatic nitrogens is 1. The molecule has 0 aliphatic carbocycles.